The van der Waals surface area contributed by atoms with E-state index in [9.17, 15) is 0 Å². The minimum atomic E-state index is 0.136. The van der Waals surface area contributed by atoms with E-state index in [1.807, 2.05) is 0 Å². The topological polar surface area (TPSA) is 4.93 Å². The number of benzene rings is 8. The molecular weight excluding hydrogens is 542 g/mol. The summed E-state index contributed by atoms with van der Waals surface area (Å²) in [6.07, 6.45) is 0. The number of para-hydroxylation sites is 2. The standard InChI is InChI=1S/C44H33N/c1-29(28-45-40-24-12-10-22-38(40)39-23-11-13-25-41(39)45)42(43-34-18-6-2-14-30(34)26-31-15-3-7-19-35(31)43)44-36-20-8-4-16-32(36)27-33-17-5-9-21-37(33)44/h2-27,29,42H,28H2,1H3. The minimum Gasteiger partial charge on any atom is -0.340 e. The lowest BCUT2D eigenvalue weighted by Gasteiger charge is -2.31. The van der Waals surface area contributed by atoms with E-state index in [4.69, 9.17) is 0 Å². The summed E-state index contributed by atoms with van der Waals surface area (Å²) in [7, 11) is 0. The maximum absolute atomic E-state index is 2.57. The van der Waals surface area contributed by atoms with Gasteiger partial charge >= 0.3 is 0 Å². The SMILES string of the molecule is CC(Cn1c2ccccc2c2ccccc21)C(c1c2ccccc2cc2ccccc12)c1c2ccccc2cc2ccccc12. The Morgan fingerprint density at radius 2 is 0.711 bits per heavy atom. The summed E-state index contributed by atoms with van der Waals surface area (Å²) in [5, 5.41) is 13.2. The zero-order valence-corrected chi connectivity index (χ0v) is 25.3. The van der Waals surface area contributed by atoms with E-state index >= 15 is 0 Å². The van der Waals surface area contributed by atoms with Crippen molar-refractivity contribution in [3.8, 4) is 0 Å². The van der Waals surface area contributed by atoms with Crippen molar-refractivity contribution in [3.05, 3.63) is 169 Å². The van der Waals surface area contributed by atoms with Crippen molar-refractivity contribution in [2.75, 3.05) is 0 Å². The van der Waals surface area contributed by atoms with Crippen molar-refractivity contribution >= 4 is 64.9 Å². The maximum atomic E-state index is 2.57. The van der Waals surface area contributed by atoms with E-state index in [0.717, 1.165) is 6.54 Å². The van der Waals surface area contributed by atoms with Crippen LogP contribution in [0.15, 0.2) is 158 Å². The summed E-state index contributed by atoms with van der Waals surface area (Å²) in [4.78, 5) is 0. The minimum absolute atomic E-state index is 0.136. The average molecular weight is 576 g/mol. The number of hydrogen-bond acceptors (Lipinski definition) is 0. The van der Waals surface area contributed by atoms with Gasteiger partial charge in [0.15, 0.2) is 0 Å². The average Bonchev–Trinajstić information content (AvgIpc) is 3.41. The second-order valence-electron chi connectivity index (χ2n) is 12.6. The van der Waals surface area contributed by atoms with E-state index in [0.29, 0.717) is 0 Å². The molecule has 1 heterocycles. The zero-order valence-electron chi connectivity index (χ0n) is 25.3. The van der Waals surface area contributed by atoms with Crippen LogP contribution in [0.4, 0.5) is 0 Å². The van der Waals surface area contributed by atoms with Crippen molar-refractivity contribution in [3.63, 3.8) is 0 Å². The first-order chi connectivity index (χ1) is 22.3. The highest BCUT2D eigenvalue weighted by Crippen LogP contribution is 2.47. The lowest BCUT2D eigenvalue weighted by atomic mass is 9.74. The molecule has 9 rings (SSSR count). The van der Waals surface area contributed by atoms with Gasteiger partial charge in [-0.25, -0.2) is 0 Å². The van der Waals surface area contributed by atoms with E-state index in [2.05, 4.69) is 169 Å². The van der Waals surface area contributed by atoms with Gasteiger partial charge in [0.05, 0.1) is 0 Å². The highest BCUT2D eigenvalue weighted by molar-refractivity contribution is 6.09. The van der Waals surface area contributed by atoms with Crippen LogP contribution in [0, 0.1) is 5.92 Å². The number of fused-ring (bicyclic) bond motifs is 7. The van der Waals surface area contributed by atoms with Crippen LogP contribution in [-0.2, 0) is 6.54 Å². The Morgan fingerprint density at radius 3 is 1.09 bits per heavy atom. The fourth-order valence-electron chi connectivity index (χ4n) is 8.07. The Balaban J connectivity index is 1.40. The Kier molecular flexibility index (Phi) is 5.99. The molecule has 45 heavy (non-hydrogen) atoms. The lowest BCUT2D eigenvalue weighted by molar-refractivity contribution is 0.454. The molecule has 0 aliphatic heterocycles. The maximum Gasteiger partial charge on any atom is 0.0491 e. The van der Waals surface area contributed by atoms with Crippen LogP contribution < -0.4 is 0 Å². The highest BCUT2D eigenvalue weighted by Gasteiger charge is 2.30. The molecule has 1 unspecified atom stereocenters. The molecule has 0 saturated heterocycles. The highest BCUT2D eigenvalue weighted by atomic mass is 15.0. The number of nitrogens with zero attached hydrogens (tertiary/aromatic N) is 1. The van der Waals surface area contributed by atoms with Gasteiger partial charge in [0, 0.05) is 34.3 Å². The number of rotatable bonds is 5. The third kappa shape index (κ3) is 4.08. The summed E-state index contributed by atoms with van der Waals surface area (Å²) in [6, 6.07) is 58.5. The molecule has 0 amide bonds. The van der Waals surface area contributed by atoms with Gasteiger partial charge < -0.3 is 4.57 Å². The monoisotopic (exact) mass is 575 g/mol. The van der Waals surface area contributed by atoms with Gasteiger partial charge in [0.1, 0.15) is 0 Å². The van der Waals surface area contributed by atoms with E-state index in [-0.39, 0.29) is 11.8 Å². The molecule has 0 radical (unpaired) electrons. The quantitative estimate of drug-likeness (QED) is 0.180. The molecule has 0 bridgehead atoms. The third-order valence-corrected chi connectivity index (χ3v) is 9.97. The summed E-state index contributed by atoms with van der Waals surface area (Å²) < 4.78 is 2.57. The summed E-state index contributed by atoms with van der Waals surface area (Å²) in [5.41, 5.74) is 5.46. The molecular formula is C44H33N. The molecule has 0 spiro atoms. The van der Waals surface area contributed by atoms with E-state index in [1.165, 1.54) is 76.0 Å². The van der Waals surface area contributed by atoms with Crippen molar-refractivity contribution in [2.24, 2.45) is 5.92 Å². The molecule has 0 saturated carbocycles. The van der Waals surface area contributed by atoms with Crippen molar-refractivity contribution in [1.29, 1.82) is 0 Å². The van der Waals surface area contributed by atoms with Crippen LogP contribution in [-0.4, -0.2) is 4.57 Å². The van der Waals surface area contributed by atoms with E-state index in [1.54, 1.807) is 0 Å². The predicted molar refractivity (Wildman–Crippen MR) is 193 cm³/mol. The van der Waals surface area contributed by atoms with Gasteiger partial charge in [-0.05, 0) is 84.4 Å². The first kappa shape index (κ1) is 26.0. The Bertz CT molecular complexity index is 2270. The van der Waals surface area contributed by atoms with Crippen LogP contribution in [0.2, 0.25) is 0 Å². The van der Waals surface area contributed by atoms with Crippen LogP contribution >= 0.6 is 0 Å². The second-order valence-corrected chi connectivity index (χ2v) is 12.6. The zero-order chi connectivity index (χ0) is 29.9. The van der Waals surface area contributed by atoms with Gasteiger partial charge in [-0.3, -0.25) is 0 Å². The van der Waals surface area contributed by atoms with Crippen LogP contribution in [0.25, 0.3) is 64.9 Å². The van der Waals surface area contributed by atoms with Gasteiger partial charge in [-0.1, -0.05) is 140 Å². The molecule has 1 aromatic heterocycles. The first-order valence-electron chi connectivity index (χ1n) is 16.0. The Morgan fingerprint density at radius 1 is 0.400 bits per heavy atom. The predicted octanol–water partition coefficient (Wildman–Crippen LogP) is 11.9. The van der Waals surface area contributed by atoms with Gasteiger partial charge in [-0.15, -0.1) is 0 Å². The largest absolute Gasteiger partial charge is 0.340 e. The summed E-state index contributed by atoms with van der Waals surface area (Å²) >= 11 is 0. The van der Waals surface area contributed by atoms with Crippen molar-refractivity contribution in [2.45, 2.75) is 19.4 Å². The van der Waals surface area contributed by atoms with Gasteiger partial charge in [0.2, 0.25) is 0 Å². The Labute approximate surface area is 263 Å². The molecule has 0 aliphatic carbocycles. The van der Waals surface area contributed by atoms with Gasteiger partial charge in [0.25, 0.3) is 0 Å². The molecule has 0 fully saturated rings. The van der Waals surface area contributed by atoms with Gasteiger partial charge in [-0.2, -0.15) is 0 Å². The molecule has 1 nitrogen and oxygen atoms in total. The molecule has 214 valence electrons. The second kappa shape index (κ2) is 10.4. The van der Waals surface area contributed by atoms with Crippen LogP contribution in [0.3, 0.4) is 0 Å². The first-order valence-corrected chi connectivity index (χ1v) is 16.0. The number of aromatic nitrogens is 1. The molecule has 1 heteroatoms. The Hall–Kier alpha value is -5.40. The summed E-state index contributed by atoms with van der Waals surface area (Å²) in [6.45, 7) is 3.37. The molecule has 0 N–H and O–H groups in total. The van der Waals surface area contributed by atoms with Crippen molar-refractivity contribution < 1.29 is 0 Å². The fraction of sp³-hybridized carbons (Fsp3) is 0.0909. The summed E-state index contributed by atoms with van der Waals surface area (Å²) in [5.74, 6) is 0.407. The molecule has 1 atom stereocenters. The van der Waals surface area contributed by atoms with Crippen LogP contribution in [0.1, 0.15) is 24.0 Å². The normalized spacial score (nSPS) is 12.8. The third-order valence-electron chi connectivity index (χ3n) is 9.97. The lowest BCUT2D eigenvalue weighted by Crippen LogP contribution is -2.19. The fourth-order valence-corrected chi connectivity index (χ4v) is 8.07. The van der Waals surface area contributed by atoms with E-state index < -0.39 is 0 Å². The number of hydrogen-bond donors (Lipinski definition) is 0. The molecule has 9 aromatic rings. The smallest absolute Gasteiger partial charge is 0.0491 e. The molecule has 8 aromatic carbocycles. The van der Waals surface area contributed by atoms with Crippen LogP contribution in [0.5, 0.6) is 0 Å². The molecule has 0 aliphatic rings. The van der Waals surface area contributed by atoms with Crippen molar-refractivity contribution in [1.82, 2.24) is 4.57 Å².